The highest BCUT2D eigenvalue weighted by molar-refractivity contribution is 5.84. The zero-order valence-corrected chi connectivity index (χ0v) is 10.3. The number of hydrogen-bond acceptors (Lipinski definition) is 3. The van der Waals surface area contributed by atoms with Crippen molar-refractivity contribution in [2.24, 2.45) is 5.92 Å². The molecule has 0 radical (unpaired) electrons. The molecule has 3 heteroatoms. The van der Waals surface area contributed by atoms with E-state index in [1.165, 1.54) is 23.6 Å². The molecule has 0 amide bonds. The van der Waals surface area contributed by atoms with Gasteiger partial charge in [-0.2, -0.15) is 0 Å². The molecule has 0 bridgehead atoms. The van der Waals surface area contributed by atoms with Gasteiger partial charge >= 0.3 is 0 Å². The fraction of sp³-hybridized carbons (Fsp3) is 0.400. The molecule has 0 saturated heterocycles. The van der Waals surface area contributed by atoms with Gasteiger partial charge in [0.25, 0.3) is 0 Å². The topological polar surface area (TPSA) is 45.1 Å². The Morgan fingerprint density at radius 3 is 2.89 bits per heavy atom. The Bertz CT molecular complexity index is 532. The molecule has 2 N–H and O–H groups in total. The van der Waals surface area contributed by atoms with Gasteiger partial charge in [-0.1, -0.05) is 24.3 Å². The number of fused-ring (bicyclic) bond motifs is 1. The van der Waals surface area contributed by atoms with Crippen LogP contribution in [0, 0.1) is 5.92 Å². The van der Waals surface area contributed by atoms with Gasteiger partial charge in [-0.15, -0.1) is 0 Å². The van der Waals surface area contributed by atoms with Crippen molar-refractivity contribution in [3.63, 3.8) is 0 Å². The summed E-state index contributed by atoms with van der Waals surface area (Å²) in [6, 6.07) is 10.7. The normalized spacial score (nSPS) is 16.9. The molecule has 1 fully saturated rings. The van der Waals surface area contributed by atoms with Crippen LogP contribution in [0.15, 0.2) is 36.5 Å². The average molecular weight is 242 g/mol. The molecule has 94 valence electrons. The van der Waals surface area contributed by atoms with Crippen LogP contribution in [0.1, 0.15) is 24.6 Å². The van der Waals surface area contributed by atoms with Gasteiger partial charge in [-0.25, -0.2) is 0 Å². The Morgan fingerprint density at radius 1 is 1.28 bits per heavy atom. The number of aliphatic hydroxyl groups excluding tert-OH is 1. The molecule has 3 nitrogen and oxygen atoms in total. The number of benzene rings is 1. The third kappa shape index (κ3) is 2.24. The first kappa shape index (κ1) is 11.6. The maximum Gasteiger partial charge on any atom is 0.0654 e. The van der Waals surface area contributed by atoms with E-state index in [-0.39, 0.29) is 12.6 Å². The van der Waals surface area contributed by atoms with Crippen LogP contribution in [0.3, 0.4) is 0 Å². The maximum atomic E-state index is 8.99. The molecule has 1 aliphatic rings. The van der Waals surface area contributed by atoms with Crippen molar-refractivity contribution in [1.82, 2.24) is 10.3 Å². The second kappa shape index (κ2) is 5.04. The van der Waals surface area contributed by atoms with E-state index in [0.29, 0.717) is 12.5 Å². The van der Waals surface area contributed by atoms with Crippen LogP contribution in [0.4, 0.5) is 0 Å². The van der Waals surface area contributed by atoms with Gasteiger partial charge in [0, 0.05) is 18.1 Å². The van der Waals surface area contributed by atoms with Crippen molar-refractivity contribution < 1.29 is 5.11 Å². The Morgan fingerprint density at radius 2 is 2.11 bits per heavy atom. The third-order valence-electron chi connectivity index (χ3n) is 3.57. The number of aromatic nitrogens is 1. The molecule has 3 rings (SSSR count). The minimum Gasteiger partial charge on any atom is -0.395 e. The van der Waals surface area contributed by atoms with Crippen LogP contribution >= 0.6 is 0 Å². The first-order valence-electron chi connectivity index (χ1n) is 6.58. The first-order valence-corrected chi connectivity index (χ1v) is 6.58. The van der Waals surface area contributed by atoms with Gasteiger partial charge in [0.05, 0.1) is 18.3 Å². The highest BCUT2D eigenvalue weighted by Gasteiger charge is 2.33. The van der Waals surface area contributed by atoms with Crippen LogP contribution in [0.5, 0.6) is 0 Å². The molecule has 0 aliphatic heterocycles. The van der Waals surface area contributed by atoms with Crippen molar-refractivity contribution in [2.45, 2.75) is 18.9 Å². The predicted molar refractivity (Wildman–Crippen MR) is 72.3 cm³/mol. The number of nitrogens with one attached hydrogen (secondary N) is 1. The maximum absolute atomic E-state index is 8.99. The molecule has 1 aliphatic carbocycles. The molecular formula is C15H18N2O. The van der Waals surface area contributed by atoms with Crippen molar-refractivity contribution in [2.75, 3.05) is 13.2 Å². The largest absolute Gasteiger partial charge is 0.395 e. The summed E-state index contributed by atoms with van der Waals surface area (Å²) < 4.78 is 0. The van der Waals surface area contributed by atoms with E-state index in [4.69, 9.17) is 5.11 Å². The summed E-state index contributed by atoms with van der Waals surface area (Å²) in [7, 11) is 0. The minimum absolute atomic E-state index is 0.175. The molecule has 1 unspecified atom stereocenters. The van der Waals surface area contributed by atoms with Gasteiger partial charge in [0.15, 0.2) is 0 Å². The lowest BCUT2D eigenvalue weighted by Gasteiger charge is -2.19. The minimum atomic E-state index is 0.175. The monoisotopic (exact) mass is 242 g/mol. The van der Waals surface area contributed by atoms with E-state index in [9.17, 15) is 0 Å². The van der Waals surface area contributed by atoms with Crippen LogP contribution in [-0.4, -0.2) is 23.2 Å². The summed E-state index contributed by atoms with van der Waals surface area (Å²) in [6.07, 6.45) is 4.40. The van der Waals surface area contributed by atoms with E-state index < -0.39 is 0 Å². The summed E-state index contributed by atoms with van der Waals surface area (Å²) in [5.41, 5.74) is 1.13. The Kier molecular flexibility index (Phi) is 3.26. The van der Waals surface area contributed by atoms with E-state index >= 15 is 0 Å². The Labute approximate surface area is 107 Å². The molecule has 0 spiro atoms. The highest BCUT2D eigenvalue weighted by Crippen LogP contribution is 2.41. The number of aliphatic hydroxyl groups is 1. The van der Waals surface area contributed by atoms with Crippen molar-refractivity contribution in [1.29, 1.82) is 0 Å². The van der Waals surface area contributed by atoms with Crippen LogP contribution < -0.4 is 5.32 Å². The van der Waals surface area contributed by atoms with Gasteiger partial charge in [0.2, 0.25) is 0 Å². The van der Waals surface area contributed by atoms with E-state index in [1.807, 2.05) is 6.20 Å². The fourth-order valence-electron chi connectivity index (χ4n) is 2.53. The molecule has 1 aromatic carbocycles. The molecule has 18 heavy (non-hydrogen) atoms. The SMILES string of the molecule is OCCNC(c1nccc2ccccc12)C1CC1. The average Bonchev–Trinajstić information content (AvgIpc) is 3.24. The van der Waals surface area contributed by atoms with E-state index in [2.05, 4.69) is 40.6 Å². The number of rotatable bonds is 5. The molecule has 2 aromatic rings. The molecular weight excluding hydrogens is 224 g/mol. The van der Waals surface area contributed by atoms with Crippen LogP contribution in [0.2, 0.25) is 0 Å². The van der Waals surface area contributed by atoms with Crippen molar-refractivity contribution in [3.8, 4) is 0 Å². The van der Waals surface area contributed by atoms with Crippen LogP contribution in [-0.2, 0) is 0 Å². The summed E-state index contributed by atoms with van der Waals surface area (Å²) >= 11 is 0. The second-order valence-corrected chi connectivity index (χ2v) is 4.91. The fourth-order valence-corrected chi connectivity index (χ4v) is 2.53. The van der Waals surface area contributed by atoms with Gasteiger partial charge < -0.3 is 10.4 Å². The zero-order valence-electron chi connectivity index (χ0n) is 10.3. The van der Waals surface area contributed by atoms with Gasteiger partial charge in [0.1, 0.15) is 0 Å². The summed E-state index contributed by atoms with van der Waals surface area (Å²) in [4.78, 5) is 4.58. The summed E-state index contributed by atoms with van der Waals surface area (Å²) in [6.45, 7) is 0.806. The quantitative estimate of drug-likeness (QED) is 0.845. The van der Waals surface area contributed by atoms with Gasteiger partial charge in [-0.05, 0) is 30.2 Å². The Hall–Kier alpha value is -1.45. The van der Waals surface area contributed by atoms with Crippen LogP contribution in [0.25, 0.3) is 10.8 Å². The molecule has 1 saturated carbocycles. The van der Waals surface area contributed by atoms with E-state index in [0.717, 1.165) is 5.69 Å². The lowest BCUT2D eigenvalue weighted by Crippen LogP contribution is -2.27. The molecule has 1 heterocycles. The predicted octanol–water partition coefficient (Wildman–Crippen LogP) is 2.27. The van der Waals surface area contributed by atoms with Gasteiger partial charge in [-0.3, -0.25) is 4.98 Å². The lowest BCUT2D eigenvalue weighted by atomic mass is 10.0. The summed E-state index contributed by atoms with van der Waals surface area (Å²) in [5, 5.41) is 14.9. The smallest absolute Gasteiger partial charge is 0.0654 e. The molecule has 1 atom stereocenters. The highest BCUT2D eigenvalue weighted by atomic mass is 16.3. The van der Waals surface area contributed by atoms with Crippen molar-refractivity contribution >= 4 is 10.8 Å². The second-order valence-electron chi connectivity index (χ2n) is 4.91. The molecule has 1 aromatic heterocycles. The first-order chi connectivity index (χ1) is 8.90. The number of hydrogen-bond donors (Lipinski definition) is 2. The summed E-state index contributed by atoms with van der Waals surface area (Å²) in [5.74, 6) is 0.676. The standard InChI is InChI=1S/C15H18N2O/c18-10-9-17-14(12-5-6-12)15-13-4-2-1-3-11(13)7-8-16-15/h1-4,7-8,12,14,17-18H,5-6,9-10H2. The third-order valence-corrected chi connectivity index (χ3v) is 3.57. The van der Waals surface area contributed by atoms with Crippen molar-refractivity contribution in [3.05, 3.63) is 42.2 Å². The lowest BCUT2D eigenvalue weighted by molar-refractivity contribution is 0.280. The Balaban J connectivity index is 2.00. The number of nitrogens with zero attached hydrogens (tertiary/aromatic N) is 1. The van der Waals surface area contributed by atoms with E-state index in [1.54, 1.807) is 0 Å². The number of pyridine rings is 1. The zero-order chi connectivity index (χ0) is 12.4.